The molecule has 23 heavy (non-hydrogen) atoms. The number of hydrogen-bond acceptors (Lipinski definition) is 10. The van der Waals surface area contributed by atoms with E-state index < -0.39 is 32.8 Å². The van der Waals surface area contributed by atoms with Gasteiger partial charge in [0.15, 0.2) is 5.75 Å². The van der Waals surface area contributed by atoms with Crippen molar-refractivity contribution < 1.29 is 104 Å². The Bertz CT molecular complexity index is 457. The van der Waals surface area contributed by atoms with Gasteiger partial charge in [-0.25, -0.2) is 0 Å². The number of ether oxygens (including phenoxy) is 2. The molecule has 0 aromatic heterocycles. The molecule has 0 amide bonds. The fourth-order valence-electron chi connectivity index (χ4n) is 0.551. The first kappa shape index (κ1) is 35.2. The van der Waals surface area contributed by atoms with Crippen LogP contribution in [0.3, 0.4) is 0 Å². The maximum Gasteiger partial charge on any atom is 1.00 e. The summed E-state index contributed by atoms with van der Waals surface area (Å²) >= 11 is 5.06. The number of alkyl halides is 1. The zero-order valence-electron chi connectivity index (χ0n) is 13.1. The SMILES string of the molecule is CCOC(=O)CCl.CCOC(=O)CS(=O)(=O)O.O=[S-](=O)[O-].[Na+].[Na+]. The second-order valence-corrected chi connectivity index (χ2v) is 4.80. The molecule has 0 radical (unpaired) electrons. The minimum absolute atomic E-state index is 0. The monoisotopic (exact) mass is 416 g/mol. The Hall–Kier alpha value is 1.05. The smallest absolute Gasteiger partial charge is 0.917 e. The summed E-state index contributed by atoms with van der Waals surface area (Å²) in [6, 6.07) is 0. The molecule has 0 aromatic rings. The Morgan fingerprint density at radius 1 is 1.09 bits per heavy atom. The van der Waals surface area contributed by atoms with Gasteiger partial charge in [-0.05, 0) is 13.8 Å². The molecule has 0 aromatic carbocycles. The van der Waals surface area contributed by atoms with Crippen molar-refractivity contribution in [1.29, 1.82) is 0 Å². The first-order chi connectivity index (χ1) is 9.49. The molecule has 15 heteroatoms. The van der Waals surface area contributed by atoms with Gasteiger partial charge in [-0.15, -0.1) is 11.6 Å². The fourth-order valence-corrected chi connectivity index (χ4v) is 1.01. The second-order valence-electron chi connectivity index (χ2n) is 2.67. The predicted molar refractivity (Wildman–Crippen MR) is 69.9 cm³/mol. The van der Waals surface area contributed by atoms with Crippen LogP contribution in [0.25, 0.3) is 0 Å². The third-order valence-corrected chi connectivity index (χ3v) is 1.84. The van der Waals surface area contributed by atoms with Crippen LogP contribution in [0, 0.1) is 0 Å². The van der Waals surface area contributed by atoms with E-state index in [-0.39, 0.29) is 77.6 Å². The van der Waals surface area contributed by atoms with Gasteiger partial charge in [0.2, 0.25) is 0 Å². The van der Waals surface area contributed by atoms with Crippen LogP contribution in [0.1, 0.15) is 13.8 Å². The van der Waals surface area contributed by atoms with Gasteiger partial charge in [0.1, 0.15) is 5.88 Å². The van der Waals surface area contributed by atoms with E-state index in [1.54, 1.807) is 13.8 Å². The van der Waals surface area contributed by atoms with Crippen LogP contribution in [-0.4, -0.2) is 54.3 Å². The average Bonchev–Trinajstić information content (AvgIpc) is 2.27. The molecule has 0 heterocycles. The largest absolute Gasteiger partial charge is 1.00 e. The minimum atomic E-state index is -4.22. The van der Waals surface area contributed by atoms with Crippen LogP contribution < -0.4 is 59.1 Å². The second kappa shape index (κ2) is 23.1. The first-order valence-corrected chi connectivity index (χ1v) is 8.23. The van der Waals surface area contributed by atoms with Crippen molar-refractivity contribution in [2.24, 2.45) is 0 Å². The van der Waals surface area contributed by atoms with E-state index in [1.807, 2.05) is 0 Å². The van der Waals surface area contributed by atoms with Gasteiger partial charge in [-0.2, -0.15) is 19.4 Å². The van der Waals surface area contributed by atoms with E-state index in [4.69, 9.17) is 29.1 Å². The van der Waals surface area contributed by atoms with E-state index in [2.05, 4.69) is 9.47 Å². The summed E-state index contributed by atoms with van der Waals surface area (Å²) in [5.74, 6) is -2.32. The Morgan fingerprint density at radius 3 is 1.57 bits per heavy atom. The molecule has 0 fully saturated rings. The number of esters is 2. The number of carbonyl (C=O) groups is 2. The zero-order valence-corrected chi connectivity index (χ0v) is 19.5. The predicted octanol–water partition coefficient (Wildman–Crippen LogP) is -6.34. The van der Waals surface area contributed by atoms with Gasteiger partial charge in [-0.1, -0.05) is 0 Å². The summed E-state index contributed by atoms with van der Waals surface area (Å²) < 4.78 is 62.0. The molecule has 0 bridgehead atoms. The molecule has 0 spiro atoms. The Balaban J connectivity index is -0.0000000735. The quantitative estimate of drug-likeness (QED) is 0.114. The zero-order chi connectivity index (χ0) is 17.5. The number of hydrogen-bond donors (Lipinski definition) is 1. The van der Waals surface area contributed by atoms with Crippen molar-refractivity contribution in [3.05, 3.63) is 0 Å². The van der Waals surface area contributed by atoms with Crippen molar-refractivity contribution in [3.63, 3.8) is 0 Å². The van der Waals surface area contributed by atoms with Gasteiger partial charge in [0.25, 0.3) is 10.1 Å². The molecule has 0 saturated carbocycles. The average molecular weight is 417 g/mol. The van der Waals surface area contributed by atoms with E-state index in [0.717, 1.165) is 0 Å². The molecule has 128 valence electrons. The molecular weight excluding hydrogens is 402 g/mol. The summed E-state index contributed by atoms with van der Waals surface area (Å²) in [6.07, 6.45) is 0. The van der Waals surface area contributed by atoms with E-state index in [0.29, 0.717) is 6.61 Å². The maximum atomic E-state index is 10.3. The van der Waals surface area contributed by atoms with Crippen molar-refractivity contribution in [1.82, 2.24) is 0 Å². The summed E-state index contributed by atoms with van der Waals surface area (Å²) in [5, 5.41) is 0. The van der Waals surface area contributed by atoms with Gasteiger partial charge < -0.3 is 22.4 Å². The Labute approximate surface area is 185 Å². The van der Waals surface area contributed by atoms with Gasteiger partial charge in [-0.3, -0.25) is 14.1 Å². The first-order valence-electron chi connectivity index (χ1n) is 5.09. The van der Waals surface area contributed by atoms with E-state index in [9.17, 15) is 18.0 Å². The molecule has 10 nitrogen and oxygen atoms in total. The third-order valence-electron chi connectivity index (χ3n) is 1.02. The van der Waals surface area contributed by atoms with Gasteiger partial charge in [0.05, 0.1) is 13.2 Å². The molecule has 0 aliphatic heterocycles. The summed E-state index contributed by atoms with van der Waals surface area (Å²) in [4.78, 5) is 20.4. The molecule has 0 atom stereocenters. The van der Waals surface area contributed by atoms with E-state index in [1.165, 1.54) is 0 Å². The van der Waals surface area contributed by atoms with Crippen LogP contribution in [0.2, 0.25) is 0 Å². The molecule has 0 unspecified atom stereocenters. The standard InChI is InChI=1S/C4H7ClO2.C4H8O5S.2Na.O3S/c1-2-7-4(6)3-5;1-2-9-4(5)3-10(6,7)8;;;1-4(2)3/h2-3H2,1H3;2-3H2,1H3,(H,6,7,8);;;/q;;2*+1;-2. The van der Waals surface area contributed by atoms with Crippen LogP contribution in [0.5, 0.6) is 0 Å². The third kappa shape index (κ3) is 51.7. The Morgan fingerprint density at radius 2 is 1.39 bits per heavy atom. The summed E-state index contributed by atoms with van der Waals surface area (Å²) in [6.45, 7) is 3.80. The normalized spacial score (nSPS) is 8.78. The van der Waals surface area contributed by atoms with Gasteiger partial charge >= 0.3 is 71.1 Å². The van der Waals surface area contributed by atoms with Crippen molar-refractivity contribution in [3.8, 4) is 0 Å². The van der Waals surface area contributed by atoms with Crippen LogP contribution in [0.15, 0.2) is 0 Å². The molecule has 0 aliphatic carbocycles. The fraction of sp³-hybridized carbons (Fsp3) is 0.750. The molecule has 0 rings (SSSR count). The topological polar surface area (TPSA) is 164 Å². The molecule has 0 aliphatic rings. The van der Waals surface area contributed by atoms with Crippen molar-refractivity contribution >= 4 is 44.6 Å². The van der Waals surface area contributed by atoms with Crippen LogP contribution in [0.4, 0.5) is 0 Å². The summed E-state index contributed by atoms with van der Waals surface area (Å²) in [5.41, 5.74) is 0. The van der Waals surface area contributed by atoms with Crippen molar-refractivity contribution in [2.45, 2.75) is 13.8 Å². The van der Waals surface area contributed by atoms with Crippen LogP contribution >= 0.6 is 11.6 Å². The number of rotatable bonds is 5. The van der Waals surface area contributed by atoms with E-state index >= 15 is 0 Å². The minimum Gasteiger partial charge on any atom is -0.917 e. The van der Waals surface area contributed by atoms with Crippen molar-refractivity contribution in [2.75, 3.05) is 24.8 Å². The number of halogens is 1. The molecular formula is C8H15ClNa2O10S2. The molecule has 1 N–H and O–H groups in total. The van der Waals surface area contributed by atoms with Crippen LogP contribution in [-0.2, 0) is 48.6 Å². The Kier molecular flexibility index (Phi) is 35.3. The summed E-state index contributed by atoms with van der Waals surface area (Å²) in [7, 11) is -7.33. The maximum absolute atomic E-state index is 10.3. The molecule has 0 saturated heterocycles. The number of carbonyl (C=O) groups excluding carboxylic acids is 2. The van der Waals surface area contributed by atoms with Gasteiger partial charge in [0, 0.05) is 0 Å².